The minimum absolute atomic E-state index is 0.414. The molecule has 3 N–H and O–H groups in total. The first kappa shape index (κ1) is 5.70. The maximum atomic E-state index is 9.72. The van der Waals surface area contributed by atoms with Crippen molar-refractivity contribution in [3.63, 3.8) is 0 Å². The van der Waals surface area contributed by atoms with Gasteiger partial charge in [-0.15, -0.1) is 0 Å². The fourth-order valence-corrected chi connectivity index (χ4v) is 0.370. The maximum absolute atomic E-state index is 9.72. The number of carbonyl (C=O) groups is 1. The van der Waals surface area contributed by atoms with Gasteiger partial charge in [-0.1, -0.05) is 0 Å². The summed E-state index contributed by atoms with van der Waals surface area (Å²) in [6, 6.07) is -0.448. The van der Waals surface area contributed by atoms with Crippen molar-refractivity contribution >= 4 is 14.8 Å². The third-order valence-electron chi connectivity index (χ3n) is 0.248. The molecule has 4 heteroatoms. The van der Waals surface area contributed by atoms with E-state index in [1.54, 1.807) is 0 Å². The predicted octanol–water partition coefficient (Wildman–Crippen LogP) is -0.122. The largest absolute Gasteiger partial charge is 0.351 e. The molecule has 0 aromatic carbocycles. The fraction of sp³-hybridized carbons (Fsp3) is 0.500. The van der Waals surface area contributed by atoms with Crippen LogP contribution in [-0.2, 0) is 0 Å². The highest BCUT2D eigenvalue weighted by Crippen LogP contribution is 1.87. The van der Waals surface area contributed by atoms with Crippen LogP contribution in [0.3, 0.4) is 0 Å². The summed E-state index contributed by atoms with van der Waals surface area (Å²) in [7, 11) is 0.414. The number of amides is 2. The van der Waals surface area contributed by atoms with Crippen molar-refractivity contribution < 1.29 is 4.79 Å². The highest BCUT2D eigenvalue weighted by molar-refractivity contribution is 7.35. The van der Waals surface area contributed by atoms with Crippen molar-refractivity contribution in [2.24, 2.45) is 5.73 Å². The molecule has 0 aromatic heterocycles. The van der Waals surface area contributed by atoms with E-state index in [1.165, 1.54) is 0 Å². The van der Waals surface area contributed by atoms with Gasteiger partial charge < -0.3 is 10.8 Å². The average Bonchev–Trinajstić information content (AvgIpc) is 1.35. The van der Waals surface area contributed by atoms with Crippen LogP contribution < -0.4 is 10.8 Å². The normalized spacial score (nSPS) is 9.50. The van der Waals surface area contributed by atoms with Crippen molar-refractivity contribution in [3.05, 3.63) is 0 Å². The predicted molar refractivity (Wildman–Crippen MR) is 27.0 cm³/mol. The van der Waals surface area contributed by atoms with Gasteiger partial charge in [0.2, 0.25) is 0 Å². The Morgan fingerprint density at radius 2 is 2.50 bits per heavy atom. The van der Waals surface area contributed by atoms with E-state index in [2.05, 4.69) is 10.8 Å². The van der Waals surface area contributed by atoms with Crippen LogP contribution in [0.2, 0.25) is 0 Å². The lowest BCUT2D eigenvalue weighted by atomic mass is 11.2. The molecule has 0 saturated carbocycles. The molecule has 2 amide bonds. The van der Waals surface area contributed by atoms with Crippen LogP contribution in [0.25, 0.3) is 0 Å². The van der Waals surface area contributed by atoms with Crippen LogP contribution in [0, 0.1) is 0 Å². The third kappa shape index (κ3) is 3.70. The van der Waals surface area contributed by atoms with Gasteiger partial charge in [0.25, 0.3) is 0 Å². The number of hydrogen-bond acceptors (Lipinski definition) is 1. The number of primary amides is 1. The fourth-order valence-electron chi connectivity index (χ4n) is 0.123. The summed E-state index contributed by atoms with van der Waals surface area (Å²) in [6.07, 6.45) is 0. The van der Waals surface area contributed by atoms with Gasteiger partial charge in [0.15, 0.2) is 0 Å². The number of nitrogens with two attached hydrogens (primary N) is 1. The molecule has 0 saturated heterocycles. The number of carbonyl (C=O) groups excluding carboxylic acids is 1. The maximum Gasteiger partial charge on any atom is 0.315 e. The Hall–Kier alpha value is -0.300. The van der Waals surface area contributed by atoms with Crippen molar-refractivity contribution in [3.8, 4) is 0 Å². The van der Waals surface area contributed by atoms with Gasteiger partial charge in [-0.2, -0.15) is 0 Å². The Bertz CT molecular complexity index is 55.5. The molecule has 0 bridgehead atoms. The van der Waals surface area contributed by atoms with Gasteiger partial charge in [0.05, 0.1) is 0 Å². The van der Waals surface area contributed by atoms with Crippen molar-refractivity contribution in [2.45, 2.75) is 0 Å². The Labute approximate surface area is 38.1 Å². The molecule has 0 radical (unpaired) electrons. The zero-order chi connectivity index (χ0) is 4.99. The van der Waals surface area contributed by atoms with Crippen LogP contribution in [0.1, 0.15) is 0 Å². The summed E-state index contributed by atoms with van der Waals surface area (Å²) in [4.78, 5) is 9.72. The van der Waals surface area contributed by atoms with E-state index in [-0.39, 0.29) is 0 Å². The smallest absolute Gasteiger partial charge is 0.315 e. The highest BCUT2D eigenvalue weighted by Gasteiger charge is 1.79. The Kier molecular flexibility index (Phi) is 2.77. The molecule has 0 spiro atoms. The highest BCUT2D eigenvalue weighted by atomic mass is 31.1. The summed E-state index contributed by atoms with van der Waals surface area (Å²) in [6.45, 7) is 1.84. The molecule has 0 aliphatic heterocycles. The number of rotatable bonds is 1. The number of urea groups is 1. The zero-order valence-corrected chi connectivity index (χ0v) is 4.49. The second-order valence-corrected chi connectivity index (χ2v) is 1.49. The second-order valence-electron chi connectivity index (χ2n) is 0.739. The van der Waals surface area contributed by atoms with Crippen LogP contribution in [0.4, 0.5) is 4.79 Å². The first-order valence-corrected chi connectivity index (χ1v) is 2.99. The Morgan fingerprint density at radius 1 is 2.00 bits per heavy atom. The Balaban J connectivity index is 2.83. The lowest BCUT2D eigenvalue weighted by Crippen LogP contribution is -2.21. The summed E-state index contributed by atoms with van der Waals surface area (Å²) >= 11 is 0. The van der Waals surface area contributed by atoms with Crippen LogP contribution in [0.5, 0.6) is 0 Å². The van der Waals surface area contributed by atoms with Crippen molar-refractivity contribution in [1.82, 2.24) is 5.09 Å². The topological polar surface area (TPSA) is 55.1 Å². The molecule has 1 atom stereocenters. The molecule has 0 fully saturated rings. The summed E-state index contributed by atoms with van der Waals surface area (Å²) in [5.74, 6) is 0. The van der Waals surface area contributed by atoms with Crippen LogP contribution in [-0.4, -0.2) is 12.7 Å². The van der Waals surface area contributed by atoms with E-state index in [1.807, 2.05) is 6.66 Å². The van der Waals surface area contributed by atoms with Gasteiger partial charge >= 0.3 is 6.03 Å². The van der Waals surface area contributed by atoms with Gasteiger partial charge in [0.1, 0.15) is 0 Å². The van der Waals surface area contributed by atoms with Crippen molar-refractivity contribution in [2.75, 3.05) is 6.66 Å². The molecule has 3 nitrogen and oxygen atoms in total. The average molecular weight is 106 g/mol. The summed E-state index contributed by atoms with van der Waals surface area (Å²) < 4.78 is 0. The molecule has 0 aliphatic carbocycles. The molecule has 36 valence electrons. The van der Waals surface area contributed by atoms with Gasteiger partial charge in [0, 0.05) is 0 Å². The molecule has 0 aromatic rings. The quantitative estimate of drug-likeness (QED) is 0.450. The first-order valence-electron chi connectivity index (χ1n) is 1.49. The molecular weight excluding hydrogens is 99.0 g/mol. The SMILES string of the molecule is CPNC(N)=O. The monoisotopic (exact) mass is 106 g/mol. The summed E-state index contributed by atoms with van der Waals surface area (Å²) in [5.41, 5.74) is 4.66. The van der Waals surface area contributed by atoms with Gasteiger partial charge in [-0.3, -0.25) is 0 Å². The van der Waals surface area contributed by atoms with Gasteiger partial charge in [-0.05, 0) is 15.4 Å². The molecular formula is C2H7N2OP. The van der Waals surface area contributed by atoms with E-state index in [4.69, 9.17) is 0 Å². The third-order valence-corrected chi connectivity index (χ3v) is 0.745. The Morgan fingerprint density at radius 3 is 2.50 bits per heavy atom. The van der Waals surface area contributed by atoms with Gasteiger partial charge in [-0.25, -0.2) is 4.79 Å². The molecule has 0 aliphatic rings. The van der Waals surface area contributed by atoms with E-state index in [0.717, 1.165) is 0 Å². The lowest BCUT2D eigenvalue weighted by molar-refractivity contribution is 0.254. The second kappa shape index (κ2) is 2.91. The molecule has 0 heterocycles. The lowest BCUT2D eigenvalue weighted by Gasteiger charge is -1.88. The summed E-state index contributed by atoms with van der Waals surface area (Å²) in [5, 5.41) is 2.38. The molecule has 1 unspecified atom stereocenters. The minimum Gasteiger partial charge on any atom is -0.351 e. The van der Waals surface area contributed by atoms with E-state index in [9.17, 15) is 4.79 Å². The van der Waals surface area contributed by atoms with E-state index < -0.39 is 6.03 Å². The minimum atomic E-state index is -0.448. The van der Waals surface area contributed by atoms with Crippen LogP contribution in [0.15, 0.2) is 0 Å². The van der Waals surface area contributed by atoms with Crippen LogP contribution >= 0.6 is 8.73 Å². The zero-order valence-electron chi connectivity index (χ0n) is 3.49. The molecule has 0 rings (SSSR count). The molecule has 6 heavy (non-hydrogen) atoms. The van der Waals surface area contributed by atoms with E-state index in [0.29, 0.717) is 8.73 Å². The van der Waals surface area contributed by atoms with E-state index >= 15 is 0 Å². The number of hydrogen-bond donors (Lipinski definition) is 2. The number of nitrogens with one attached hydrogen (secondary N) is 1. The van der Waals surface area contributed by atoms with Crippen molar-refractivity contribution in [1.29, 1.82) is 0 Å². The standard InChI is InChI=1S/C2H7N2OP/c1-6-4-2(3)5/h6H,1H3,(H3,3,4,5). The first-order chi connectivity index (χ1) is 2.77.